The Morgan fingerprint density at radius 1 is 1.07 bits per heavy atom. The molecule has 0 spiro atoms. The molecule has 0 aromatic heterocycles. The van der Waals surface area contributed by atoms with E-state index in [4.69, 9.17) is 4.74 Å². The Bertz CT molecular complexity index is 740. The van der Waals surface area contributed by atoms with Gasteiger partial charge in [0.15, 0.2) is 5.96 Å². The van der Waals surface area contributed by atoms with Gasteiger partial charge >= 0.3 is 6.61 Å². The number of ether oxygens (including phenoxy) is 2. The Labute approximate surface area is 175 Å². The van der Waals surface area contributed by atoms with Crippen molar-refractivity contribution in [2.45, 2.75) is 26.6 Å². The molecule has 0 atom stereocenters. The lowest BCUT2D eigenvalue weighted by Gasteiger charge is -2.15. The highest BCUT2D eigenvalue weighted by atomic mass is 127. The number of nitrogens with one attached hydrogen (secondary N) is 2. The lowest BCUT2D eigenvalue weighted by Crippen LogP contribution is -2.36. The topological polar surface area (TPSA) is 54.9 Å². The number of methoxy groups -OCH3 is 1. The number of nitrogens with zero attached hydrogens (tertiary/aromatic N) is 1. The molecule has 0 aliphatic rings. The number of hydrogen-bond acceptors (Lipinski definition) is 3. The van der Waals surface area contributed by atoms with Crippen molar-refractivity contribution in [3.8, 4) is 11.5 Å². The van der Waals surface area contributed by atoms with E-state index in [0.717, 1.165) is 16.9 Å². The third-order valence-electron chi connectivity index (χ3n) is 3.72. The molecule has 0 aliphatic carbocycles. The van der Waals surface area contributed by atoms with Gasteiger partial charge in [0, 0.05) is 25.7 Å². The zero-order valence-corrected chi connectivity index (χ0v) is 17.8. The van der Waals surface area contributed by atoms with Crippen LogP contribution in [-0.2, 0) is 13.1 Å². The monoisotopic (exact) mass is 491 g/mol. The SMILES string of the molecule is CN=C(NCc1ccc(OC)cc1)NCc1cc(C)ccc1OC(F)F.I. The highest BCUT2D eigenvalue weighted by Crippen LogP contribution is 2.22. The molecule has 0 amide bonds. The first-order valence-corrected chi connectivity index (χ1v) is 8.13. The van der Waals surface area contributed by atoms with Crippen LogP contribution in [-0.4, -0.2) is 26.7 Å². The third-order valence-corrected chi connectivity index (χ3v) is 3.72. The second kappa shape index (κ2) is 11.6. The first-order chi connectivity index (χ1) is 12.5. The van der Waals surface area contributed by atoms with Gasteiger partial charge in [-0.1, -0.05) is 29.8 Å². The maximum Gasteiger partial charge on any atom is 0.387 e. The van der Waals surface area contributed by atoms with Crippen LogP contribution >= 0.6 is 24.0 Å². The summed E-state index contributed by atoms with van der Waals surface area (Å²) in [6, 6.07) is 12.8. The largest absolute Gasteiger partial charge is 0.497 e. The van der Waals surface area contributed by atoms with E-state index in [-0.39, 0.29) is 29.7 Å². The van der Waals surface area contributed by atoms with Gasteiger partial charge in [-0.25, -0.2) is 0 Å². The number of aryl methyl sites for hydroxylation is 1. The zero-order valence-electron chi connectivity index (χ0n) is 15.5. The van der Waals surface area contributed by atoms with Gasteiger partial charge in [-0.3, -0.25) is 4.99 Å². The maximum absolute atomic E-state index is 12.5. The van der Waals surface area contributed by atoms with Crippen LogP contribution in [0.15, 0.2) is 47.5 Å². The molecule has 0 heterocycles. The molecule has 0 radical (unpaired) electrons. The molecule has 0 bridgehead atoms. The Balaban J connectivity index is 0.00000364. The lowest BCUT2D eigenvalue weighted by molar-refractivity contribution is -0.0504. The summed E-state index contributed by atoms with van der Waals surface area (Å²) in [5, 5.41) is 6.29. The number of rotatable bonds is 7. The number of benzene rings is 2. The summed E-state index contributed by atoms with van der Waals surface area (Å²) in [6.07, 6.45) is 0. The average Bonchev–Trinajstić information content (AvgIpc) is 2.64. The Morgan fingerprint density at radius 3 is 2.33 bits per heavy atom. The number of aliphatic imine (C=N–C) groups is 1. The van der Waals surface area contributed by atoms with Crippen molar-refractivity contribution in [1.29, 1.82) is 0 Å². The van der Waals surface area contributed by atoms with Gasteiger partial charge in [-0.15, -0.1) is 24.0 Å². The Kier molecular flexibility index (Phi) is 9.84. The van der Waals surface area contributed by atoms with Gasteiger partial charge in [0.25, 0.3) is 0 Å². The molecular weight excluding hydrogens is 467 g/mol. The molecule has 27 heavy (non-hydrogen) atoms. The van der Waals surface area contributed by atoms with E-state index in [9.17, 15) is 8.78 Å². The van der Waals surface area contributed by atoms with E-state index in [2.05, 4.69) is 20.4 Å². The second-order valence-electron chi connectivity index (χ2n) is 5.62. The van der Waals surface area contributed by atoms with Gasteiger partial charge in [-0.2, -0.15) is 8.78 Å². The van der Waals surface area contributed by atoms with Crippen LogP contribution < -0.4 is 20.1 Å². The summed E-state index contributed by atoms with van der Waals surface area (Å²) in [5.41, 5.74) is 2.66. The molecule has 0 aliphatic heterocycles. The fourth-order valence-electron chi connectivity index (χ4n) is 2.39. The van der Waals surface area contributed by atoms with Crippen molar-refractivity contribution >= 4 is 29.9 Å². The zero-order chi connectivity index (χ0) is 18.9. The van der Waals surface area contributed by atoms with E-state index in [1.54, 1.807) is 26.3 Å². The molecule has 0 saturated carbocycles. The summed E-state index contributed by atoms with van der Waals surface area (Å²) in [7, 11) is 3.27. The van der Waals surface area contributed by atoms with Crippen molar-refractivity contribution in [1.82, 2.24) is 10.6 Å². The van der Waals surface area contributed by atoms with Crippen LogP contribution in [0.1, 0.15) is 16.7 Å². The van der Waals surface area contributed by atoms with Gasteiger partial charge in [0.2, 0.25) is 0 Å². The van der Waals surface area contributed by atoms with Crippen LogP contribution in [0.25, 0.3) is 0 Å². The molecule has 0 fully saturated rings. The van der Waals surface area contributed by atoms with Crippen LogP contribution in [0.3, 0.4) is 0 Å². The molecule has 0 unspecified atom stereocenters. The minimum absolute atomic E-state index is 0. The minimum Gasteiger partial charge on any atom is -0.497 e. The smallest absolute Gasteiger partial charge is 0.387 e. The Morgan fingerprint density at radius 2 is 1.74 bits per heavy atom. The van der Waals surface area contributed by atoms with Crippen molar-refractivity contribution in [3.63, 3.8) is 0 Å². The van der Waals surface area contributed by atoms with Gasteiger partial charge in [0.1, 0.15) is 11.5 Å². The van der Waals surface area contributed by atoms with E-state index >= 15 is 0 Å². The lowest BCUT2D eigenvalue weighted by atomic mass is 10.1. The number of halogens is 3. The van der Waals surface area contributed by atoms with Crippen molar-refractivity contribution < 1.29 is 18.3 Å². The summed E-state index contributed by atoms with van der Waals surface area (Å²) in [6.45, 7) is -0.0833. The molecule has 2 N–H and O–H groups in total. The van der Waals surface area contributed by atoms with Gasteiger partial charge < -0.3 is 20.1 Å². The van der Waals surface area contributed by atoms with Crippen molar-refractivity contribution in [3.05, 3.63) is 59.2 Å². The maximum atomic E-state index is 12.5. The first-order valence-electron chi connectivity index (χ1n) is 8.13. The van der Waals surface area contributed by atoms with Crippen molar-refractivity contribution in [2.75, 3.05) is 14.2 Å². The van der Waals surface area contributed by atoms with Crippen LogP contribution in [0, 0.1) is 6.92 Å². The molecule has 2 aromatic carbocycles. The standard InChI is InChI=1S/C19H23F2N3O2.HI/c1-13-4-9-17(26-18(20)21)15(10-13)12-24-19(22-2)23-11-14-5-7-16(25-3)8-6-14;/h4-10,18H,11-12H2,1-3H3,(H2,22,23,24);1H. The average molecular weight is 491 g/mol. The second-order valence-corrected chi connectivity index (χ2v) is 5.62. The Hall–Kier alpha value is -2.10. The summed E-state index contributed by atoms with van der Waals surface area (Å²) in [4.78, 5) is 4.15. The first kappa shape index (κ1) is 22.9. The summed E-state index contributed by atoms with van der Waals surface area (Å²) in [5.74, 6) is 1.51. The highest BCUT2D eigenvalue weighted by Gasteiger charge is 2.10. The third kappa shape index (κ3) is 7.58. The van der Waals surface area contributed by atoms with E-state index < -0.39 is 6.61 Å². The van der Waals surface area contributed by atoms with Crippen LogP contribution in [0.5, 0.6) is 11.5 Å². The fourth-order valence-corrected chi connectivity index (χ4v) is 2.39. The molecular formula is C19H24F2IN3O2. The number of hydrogen-bond donors (Lipinski definition) is 2. The molecule has 2 aromatic rings. The van der Waals surface area contributed by atoms with E-state index in [1.165, 1.54) is 0 Å². The molecule has 0 saturated heterocycles. The van der Waals surface area contributed by atoms with Crippen LogP contribution in [0.2, 0.25) is 0 Å². The molecule has 5 nitrogen and oxygen atoms in total. The van der Waals surface area contributed by atoms with Gasteiger partial charge in [0.05, 0.1) is 7.11 Å². The fraction of sp³-hybridized carbons (Fsp3) is 0.316. The van der Waals surface area contributed by atoms with E-state index in [0.29, 0.717) is 24.6 Å². The number of alkyl halides is 2. The predicted molar refractivity (Wildman–Crippen MR) is 113 cm³/mol. The summed E-state index contributed by atoms with van der Waals surface area (Å²) >= 11 is 0. The molecule has 8 heteroatoms. The van der Waals surface area contributed by atoms with E-state index in [1.807, 2.05) is 37.3 Å². The molecule has 148 valence electrons. The minimum atomic E-state index is -2.86. The van der Waals surface area contributed by atoms with Gasteiger partial charge in [-0.05, 0) is 30.7 Å². The highest BCUT2D eigenvalue weighted by molar-refractivity contribution is 14.0. The quantitative estimate of drug-likeness (QED) is 0.348. The normalized spacial score (nSPS) is 11.0. The predicted octanol–water partition coefficient (Wildman–Crippen LogP) is 4.09. The number of guanidine groups is 1. The summed E-state index contributed by atoms with van der Waals surface area (Å²) < 4.78 is 34.8. The van der Waals surface area contributed by atoms with Crippen molar-refractivity contribution in [2.24, 2.45) is 4.99 Å². The molecule has 2 rings (SSSR count). The van der Waals surface area contributed by atoms with Crippen LogP contribution in [0.4, 0.5) is 8.78 Å².